The van der Waals surface area contributed by atoms with Crippen LogP contribution in [0.25, 0.3) is 21.9 Å². The van der Waals surface area contributed by atoms with Crippen LogP contribution in [0.15, 0.2) is 77.2 Å². The Labute approximate surface area is 185 Å². The van der Waals surface area contributed by atoms with Crippen LogP contribution < -0.4 is 4.74 Å². The third kappa shape index (κ3) is 3.34. The van der Waals surface area contributed by atoms with Gasteiger partial charge in [-0.2, -0.15) is 0 Å². The topological polar surface area (TPSA) is 62.8 Å². The number of phenolic OH excluding ortho intramolecular Hbond substituents is 2. The first-order chi connectivity index (χ1) is 15.6. The molecule has 1 aromatic heterocycles. The summed E-state index contributed by atoms with van der Waals surface area (Å²) in [5, 5.41) is 22.7. The van der Waals surface area contributed by atoms with Gasteiger partial charge in [0.2, 0.25) is 0 Å². The second-order valence-corrected chi connectivity index (χ2v) is 8.46. The van der Waals surface area contributed by atoms with Crippen LogP contribution in [0.2, 0.25) is 0 Å². The summed E-state index contributed by atoms with van der Waals surface area (Å²) in [5.41, 5.74) is 6.07. The van der Waals surface area contributed by atoms with Crippen LogP contribution in [-0.4, -0.2) is 10.2 Å². The van der Waals surface area contributed by atoms with Crippen molar-refractivity contribution in [2.75, 3.05) is 0 Å². The zero-order valence-electron chi connectivity index (χ0n) is 17.5. The lowest BCUT2D eigenvalue weighted by Crippen LogP contribution is -1.95. The lowest BCUT2D eigenvalue weighted by atomic mass is 9.98. The van der Waals surface area contributed by atoms with Gasteiger partial charge < -0.3 is 19.4 Å². The number of benzene rings is 4. The van der Waals surface area contributed by atoms with Crippen molar-refractivity contribution in [3.05, 3.63) is 95.1 Å². The van der Waals surface area contributed by atoms with E-state index < -0.39 is 0 Å². The van der Waals surface area contributed by atoms with Gasteiger partial charge in [0.05, 0.1) is 0 Å². The Morgan fingerprint density at radius 2 is 1.34 bits per heavy atom. The summed E-state index contributed by atoms with van der Waals surface area (Å²) in [7, 11) is 0. The van der Waals surface area contributed by atoms with Crippen molar-refractivity contribution in [2.24, 2.45) is 0 Å². The van der Waals surface area contributed by atoms with E-state index in [0.29, 0.717) is 11.5 Å². The first-order valence-corrected chi connectivity index (χ1v) is 10.9. The fraction of sp³-hybridized carbons (Fsp3) is 0.143. The fourth-order valence-electron chi connectivity index (χ4n) is 4.59. The van der Waals surface area contributed by atoms with Gasteiger partial charge in [-0.15, -0.1) is 0 Å². The van der Waals surface area contributed by atoms with E-state index in [4.69, 9.17) is 9.15 Å². The molecule has 5 aromatic rings. The molecule has 4 aliphatic heterocycles. The Morgan fingerprint density at radius 1 is 0.625 bits per heavy atom. The zero-order valence-corrected chi connectivity index (χ0v) is 17.5. The highest BCUT2D eigenvalue weighted by molar-refractivity contribution is 6.07. The summed E-state index contributed by atoms with van der Waals surface area (Å²) in [6.07, 6.45) is 3.26. The minimum Gasteiger partial charge on any atom is -0.508 e. The van der Waals surface area contributed by atoms with Crippen LogP contribution in [0.4, 0.5) is 0 Å². The molecule has 5 heterocycles. The van der Waals surface area contributed by atoms with Crippen molar-refractivity contribution in [2.45, 2.75) is 25.7 Å². The van der Waals surface area contributed by atoms with Crippen LogP contribution >= 0.6 is 0 Å². The Morgan fingerprint density at radius 3 is 2.19 bits per heavy atom. The Hall–Kier alpha value is -3.92. The molecule has 4 aromatic carbocycles. The van der Waals surface area contributed by atoms with Gasteiger partial charge in [-0.05, 0) is 84.3 Å². The number of aromatic hydroxyl groups is 2. The molecular formula is C28H22O4. The van der Waals surface area contributed by atoms with E-state index in [9.17, 15) is 10.2 Å². The standard InChI is InChI=1S/C28H22O4/c29-21-15-20-8-3-17-4-9-22(10-5-17)31-26-14-19(7-12-24(26)30)2-1-18-6-11-23-25(13-18)32-27(16-21)28(20)23/h4-7,9-16,29-30H,1-3,8H2. The van der Waals surface area contributed by atoms with Gasteiger partial charge in [0, 0.05) is 16.8 Å². The van der Waals surface area contributed by atoms with Crippen molar-refractivity contribution < 1.29 is 19.4 Å². The summed E-state index contributed by atoms with van der Waals surface area (Å²) in [4.78, 5) is 0. The molecule has 0 saturated carbocycles. The summed E-state index contributed by atoms with van der Waals surface area (Å²) in [5.74, 6) is 1.50. The molecule has 0 fully saturated rings. The molecule has 2 N–H and O–H groups in total. The average Bonchev–Trinajstić information content (AvgIpc) is 3.15. The minimum absolute atomic E-state index is 0.129. The summed E-state index contributed by atoms with van der Waals surface area (Å²) in [6, 6.07) is 23.4. The largest absolute Gasteiger partial charge is 0.508 e. The van der Waals surface area contributed by atoms with Crippen molar-refractivity contribution >= 4 is 21.9 Å². The number of aryl methyl sites for hydroxylation is 4. The number of rotatable bonds is 0. The van der Waals surface area contributed by atoms with Gasteiger partial charge in [0.15, 0.2) is 11.5 Å². The molecule has 0 aliphatic carbocycles. The molecule has 0 saturated heterocycles. The summed E-state index contributed by atoms with van der Waals surface area (Å²) in [6.45, 7) is 0. The minimum atomic E-state index is 0.129. The second kappa shape index (κ2) is 7.34. The maximum atomic E-state index is 10.3. The SMILES string of the molecule is Oc1cc2c3c(c1)oc1cc(ccc13)CCc1ccc(O)c(c1)Oc1ccc(cc1)CC2. The molecule has 0 radical (unpaired) electrons. The predicted octanol–water partition coefficient (Wildman–Crippen LogP) is 6.67. The van der Waals surface area contributed by atoms with Gasteiger partial charge >= 0.3 is 0 Å². The highest BCUT2D eigenvalue weighted by Gasteiger charge is 2.14. The van der Waals surface area contributed by atoms with Crippen molar-refractivity contribution in [3.63, 3.8) is 0 Å². The van der Waals surface area contributed by atoms with E-state index in [1.54, 1.807) is 12.1 Å². The number of hydrogen-bond acceptors (Lipinski definition) is 4. The first-order valence-electron chi connectivity index (χ1n) is 10.9. The molecule has 158 valence electrons. The van der Waals surface area contributed by atoms with Crippen molar-refractivity contribution in [1.29, 1.82) is 0 Å². The lowest BCUT2D eigenvalue weighted by molar-refractivity contribution is 0.410. The van der Waals surface area contributed by atoms with Crippen LogP contribution in [0.5, 0.6) is 23.0 Å². The Balaban J connectivity index is 1.50. The van der Waals surface area contributed by atoms with E-state index in [1.165, 1.54) is 11.1 Å². The predicted molar refractivity (Wildman–Crippen MR) is 125 cm³/mol. The number of phenols is 2. The molecule has 0 amide bonds. The highest BCUT2D eigenvalue weighted by atomic mass is 16.5. The fourth-order valence-corrected chi connectivity index (χ4v) is 4.59. The third-order valence-corrected chi connectivity index (χ3v) is 6.26. The zero-order chi connectivity index (χ0) is 21.7. The van der Waals surface area contributed by atoms with E-state index in [1.807, 2.05) is 42.5 Å². The number of hydrogen-bond donors (Lipinski definition) is 2. The van der Waals surface area contributed by atoms with Crippen molar-refractivity contribution in [3.8, 4) is 23.0 Å². The summed E-state index contributed by atoms with van der Waals surface area (Å²) >= 11 is 0. The monoisotopic (exact) mass is 422 g/mol. The molecule has 0 spiro atoms. The van der Waals surface area contributed by atoms with Crippen LogP contribution in [0.3, 0.4) is 0 Å². The number of furan rings is 1. The Bertz CT molecular complexity index is 1460. The number of ether oxygens (including phenoxy) is 1. The van der Waals surface area contributed by atoms with Crippen LogP contribution in [-0.2, 0) is 25.7 Å². The van der Waals surface area contributed by atoms with Gasteiger partial charge in [0.25, 0.3) is 0 Å². The van der Waals surface area contributed by atoms with Gasteiger partial charge in [0.1, 0.15) is 22.7 Å². The van der Waals surface area contributed by atoms with Crippen LogP contribution in [0, 0.1) is 0 Å². The Kier molecular flexibility index (Phi) is 4.32. The first kappa shape index (κ1) is 18.8. The van der Waals surface area contributed by atoms with Crippen molar-refractivity contribution in [1.82, 2.24) is 0 Å². The summed E-state index contributed by atoms with van der Waals surface area (Å²) < 4.78 is 12.1. The maximum Gasteiger partial charge on any atom is 0.169 e. The van der Waals surface area contributed by atoms with E-state index in [2.05, 4.69) is 18.2 Å². The molecule has 4 heteroatoms. The average molecular weight is 422 g/mol. The van der Waals surface area contributed by atoms with Crippen LogP contribution in [0.1, 0.15) is 22.3 Å². The molecule has 4 aliphatic rings. The third-order valence-electron chi connectivity index (χ3n) is 6.26. The second-order valence-electron chi connectivity index (χ2n) is 8.46. The quantitative estimate of drug-likeness (QED) is 0.292. The molecule has 32 heavy (non-hydrogen) atoms. The highest BCUT2D eigenvalue weighted by Crippen LogP contribution is 2.36. The molecule has 8 bridgehead atoms. The van der Waals surface area contributed by atoms with E-state index in [0.717, 1.165) is 58.7 Å². The normalized spacial score (nSPS) is 13.6. The van der Waals surface area contributed by atoms with Gasteiger partial charge in [-0.3, -0.25) is 0 Å². The molecule has 9 rings (SSSR count). The molecular weight excluding hydrogens is 400 g/mol. The van der Waals surface area contributed by atoms with E-state index >= 15 is 0 Å². The van der Waals surface area contributed by atoms with E-state index in [-0.39, 0.29) is 11.5 Å². The molecule has 0 atom stereocenters. The van der Waals surface area contributed by atoms with Gasteiger partial charge in [-0.25, -0.2) is 0 Å². The van der Waals surface area contributed by atoms with Gasteiger partial charge in [-0.1, -0.05) is 30.3 Å². The lowest BCUT2D eigenvalue weighted by Gasteiger charge is -2.11. The maximum absolute atomic E-state index is 10.3. The molecule has 0 unspecified atom stereocenters. The smallest absolute Gasteiger partial charge is 0.169 e. The molecule has 4 nitrogen and oxygen atoms in total.